The minimum atomic E-state index is -4.24. The number of aromatic hydroxyl groups is 1. The molecular weight excluding hydrogens is 261 g/mol. The highest BCUT2D eigenvalue weighted by atomic mass is 19.4. The highest BCUT2D eigenvalue weighted by molar-refractivity contribution is 5.82. The van der Waals surface area contributed by atoms with Crippen molar-refractivity contribution in [1.29, 1.82) is 0 Å². The van der Waals surface area contributed by atoms with Crippen LogP contribution in [0.3, 0.4) is 0 Å². The Bertz CT molecular complexity index is 655. The number of hydrogen-bond donors (Lipinski definition) is 1. The van der Waals surface area contributed by atoms with E-state index in [4.69, 9.17) is 0 Å². The van der Waals surface area contributed by atoms with Gasteiger partial charge in [0.2, 0.25) is 0 Å². The maximum Gasteiger partial charge on any atom is 0.389 e. The zero-order valence-electron chi connectivity index (χ0n) is 10.2. The Morgan fingerprint density at radius 2 is 2.00 bits per heavy atom. The van der Waals surface area contributed by atoms with E-state index in [0.717, 1.165) is 0 Å². The van der Waals surface area contributed by atoms with E-state index < -0.39 is 18.3 Å². The van der Waals surface area contributed by atoms with Crippen molar-refractivity contribution in [2.45, 2.75) is 25.6 Å². The van der Waals surface area contributed by atoms with Gasteiger partial charge in [-0.3, -0.25) is 9.13 Å². The molecule has 19 heavy (non-hydrogen) atoms. The monoisotopic (exact) mass is 274 g/mol. The number of aromatic nitrogens is 2. The zero-order valence-corrected chi connectivity index (χ0v) is 10.2. The van der Waals surface area contributed by atoms with Crippen molar-refractivity contribution < 1.29 is 18.3 Å². The molecule has 0 aliphatic rings. The maximum absolute atomic E-state index is 12.1. The SMILES string of the molecule is Cn1c(=O)n(CCCC(F)(F)F)c2c(O)cccc21. The smallest absolute Gasteiger partial charge is 0.389 e. The molecule has 0 radical (unpaired) electrons. The summed E-state index contributed by atoms with van der Waals surface area (Å²) in [6.07, 6.45) is -5.39. The molecule has 4 nitrogen and oxygen atoms in total. The number of aryl methyl sites for hydroxylation is 2. The van der Waals surface area contributed by atoms with E-state index in [0.29, 0.717) is 5.52 Å². The molecule has 1 aromatic carbocycles. The predicted molar refractivity (Wildman–Crippen MR) is 64.1 cm³/mol. The highest BCUT2D eigenvalue weighted by Crippen LogP contribution is 2.25. The summed E-state index contributed by atoms with van der Waals surface area (Å²) in [5.41, 5.74) is 0.341. The van der Waals surface area contributed by atoms with Gasteiger partial charge in [0.1, 0.15) is 11.3 Å². The van der Waals surface area contributed by atoms with Gasteiger partial charge in [-0.25, -0.2) is 4.79 Å². The summed E-state index contributed by atoms with van der Waals surface area (Å²) in [7, 11) is 1.52. The van der Waals surface area contributed by atoms with Crippen molar-refractivity contribution in [3.05, 3.63) is 28.7 Å². The topological polar surface area (TPSA) is 47.2 Å². The van der Waals surface area contributed by atoms with Gasteiger partial charge in [-0.2, -0.15) is 13.2 Å². The Balaban J connectivity index is 2.38. The molecule has 0 bridgehead atoms. The van der Waals surface area contributed by atoms with Gasteiger partial charge in [0.25, 0.3) is 0 Å². The molecular formula is C12H13F3N2O2. The Labute approximate surface area is 106 Å². The van der Waals surface area contributed by atoms with Crippen molar-refractivity contribution in [2.24, 2.45) is 7.05 Å². The van der Waals surface area contributed by atoms with Crippen LogP contribution >= 0.6 is 0 Å². The van der Waals surface area contributed by atoms with E-state index in [-0.39, 0.29) is 24.2 Å². The van der Waals surface area contributed by atoms with Crippen molar-refractivity contribution in [2.75, 3.05) is 0 Å². The van der Waals surface area contributed by atoms with Crippen LogP contribution < -0.4 is 5.69 Å². The summed E-state index contributed by atoms with van der Waals surface area (Å²) in [6, 6.07) is 4.62. The summed E-state index contributed by atoms with van der Waals surface area (Å²) in [4.78, 5) is 11.9. The van der Waals surface area contributed by atoms with Crippen LogP contribution in [0.2, 0.25) is 0 Å². The first kappa shape index (κ1) is 13.5. The fraction of sp³-hybridized carbons (Fsp3) is 0.417. The molecule has 0 aliphatic carbocycles. The normalized spacial score (nSPS) is 12.2. The number of imidazole rings is 1. The average Bonchev–Trinajstić information content (AvgIpc) is 2.54. The number of nitrogens with zero attached hydrogens (tertiary/aromatic N) is 2. The molecule has 1 N–H and O–H groups in total. The van der Waals surface area contributed by atoms with Crippen LogP contribution in [-0.4, -0.2) is 20.4 Å². The molecule has 2 rings (SSSR count). The molecule has 0 saturated heterocycles. The summed E-state index contributed by atoms with van der Waals surface area (Å²) < 4.78 is 38.8. The minimum Gasteiger partial charge on any atom is -0.506 e. The average molecular weight is 274 g/mol. The molecule has 0 amide bonds. The number of benzene rings is 1. The lowest BCUT2D eigenvalue weighted by Gasteiger charge is -2.07. The van der Waals surface area contributed by atoms with Gasteiger partial charge in [0, 0.05) is 20.0 Å². The Morgan fingerprint density at radius 3 is 2.63 bits per heavy atom. The van der Waals surface area contributed by atoms with Crippen LogP contribution in [-0.2, 0) is 13.6 Å². The number of alkyl halides is 3. The van der Waals surface area contributed by atoms with Crippen molar-refractivity contribution in [1.82, 2.24) is 9.13 Å². The molecule has 0 fully saturated rings. The van der Waals surface area contributed by atoms with Crippen LogP contribution in [0, 0.1) is 0 Å². The number of para-hydroxylation sites is 1. The second kappa shape index (κ2) is 4.64. The first-order chi connectivity index (χ1) is 8.81. The van der Waals surface area contributed by atoms with E-state index in [1.54, 1.807) is 12.1 Å². The number of fused-ring (bicyclic) bond motifs is 1. The summed E-state index contributed by atoms with van der Waals surface area (Å²) in [5.74, 6) is -0.109. The second-order valence-electron chi connectivity index (χ2n) is 4.36. The molecule has 0 atom stereocenters. The summed E-state index contributed by atoms with van der Waals surface area (Å²) in [6.45, 7) is -0.0761. The lowest BCUT2D eigenvalue weighted by Crippen LogP contribution is -2.23. The molecule has 1 aromatic heterocycles. The third-order valence-electron chi connectivity index (χ3n) is 2.98. The Kier molecular flexibility index (Phi) is 3.30. The predicted octanol–water partition coefficient (Wildman–Crippen LogP) is 2.39. The summed E-state index contributed by atoms with van der Waals surface area (Å²) >= 11 is 0. The third-order valence-corrected chi connectivity index (χ3v) is 2.98. The largest absolute Gasteiger partial charge is 0.506 e. The van der Waals surface area contributed by atoms with E-state index in [1.807, 2.05) is 0 Å². The fourth-order valence-corrected chi connectivity index (χ4v) is 2.09. The van der Waals surface area contributed by atoms with E-state index in [1.165, 1.54) is 22.2 Å². The van der Waals surface area contributed by atoms with Crippen molar-refractivity contribution in [3.63, 3.8) is 0 Å². The maximum atomic E-state index is 12.1. The number of rotatable bonds is 3. The van der Waals surface area contributed by atoms with Gasteiger partial charge in [-0.15, -0.1) is 0 Å². The van der Waals surface area contributed by atoms with Gasteiger partial charge >= 0.3 is 11.9 Å². The number of halogens is 3. The highest BCUT2D eigenvalue weighted by Gasteiger charge is 2.26. The molecule has 1 heterocycles. The van der Waals surface area contributed by atoms with Crippen LogP contribution in [0.1, 0.15) is 12.8 Å². The van der Waals surface area contributed by atoms with Crippen LogP contribution in [0.15, 0.2) is 23.0 Å². The molecule has 0 spiro atoms. The molecule has 104 valence electrons. The lowest BCUT2D eigenvalue weighted by atomic mass is 10.2. The minimum absolute atomic E-state index is 0.0761. The molecule has 0 aliphatic heterocycles. The lowest BCUT2D eigenvalue weighted by molar-refractivity contribution is -0.135. The van der Waals surface area contributed by atoms with E-state index in [2.05, 4.69) is 0 Å². The van der Waals surface area contributed by atoms with Crippen LogP contribution in [0.5, 0.6) is 5.75 Å². The molecule has 7 heteroatoms. The first-order valence-electron chi connectivity index (χ1n) is 5.75. The van der Waals surface area contributed by atoms with Crippen LogP contribution in [0.4, 0.5) is 13.2 Å². The molecule has 0 saturated carbocycles. The van der Waals surface area contributed by atoms with Crippen molar-refractivity contribution in [3.8, 4) is 5.75 Å². The Hall–Kier alpha value is -1.92. The number of hydrogen-bond acceptors (Lipinski definition) is 2. The number of phenolic OH excluding ortho intramolecular Hbond substituents is 1. The summed E-state index contributed by atoms with van der Waals surface area (Å²) in [5, 5.41) is 9.75. The fourth-order valence-electron chi connectivity index (χ4n) is 2.09. The van der Waals surface area contributed by atoms with Gasteiger partial charge in [0.15, 0.2) is 0 Å². The third kappa shape index (κ3) is 2.59. The van der Waals surface area contributed by atoms with Gasteiger partial charge in [-0.05, 0) is 18.6 Å². The number of phenols is 1. The first-order valence-corrected chi connectivity index (χ1v) is 5.75. The van der Waals surface area contributed by atoms with Gasteiger partial charge in [-0.1, -0.05) is 6.07 Å². The quantitative estimate of drug-likeness (QED) is 0.934. The van der Waals surface area contributed by atoms with Crippen molar-refractivity contribution >= 4 is 11.0 Å². The molecule has 2 aromatic rings. The zero-order chi connectivity index (χ0) is 14.2. The van der Waals surface area contributed by atoms with Gasteiger partial charge in [0.05, 0.1) is 5.52 Å². The second-order valence-corrected chi connectivity index (χ2v) is 4.36. The molecule has 0 unspecified atom stereocenters. The Morgan fingerprint density at radius 1 is 1.32 bits per heavy atom. The van der Waals surface area contributed by atoms with E-state index >= 15 is 0 Å². The standard InChI is InChI=1S/C12H13F3N2O2/c1-16-8-4-2-5-9(18)10(8)17(11(16)19)7-3-6-12(13,14)15/h2,4-5,18H,3,6-7H2,1H3. The van der Waals surface area contributed by atoms with E-state index in [9.17, 15) is 23.1 Å². The van der Waals surface area contributed by atoms with Gasteiger partial charge < -0.3 is 5.11 Å². The van der Waals surface area contributed by atoms with Crippen LogP contribution in [0.25, 0.3) is 11.0 Å².